The summed E-state index contributed by atoms with van der Waals surface area (Å²) in [6, 6.07) is -0.182. The molecule has 30 heavy (non-hydrogen) atoms. The van der Waals surface area contributed by atoms with Crippen LogP contribution in [-0.2, 0) is 4.79 Å². The zero-order valence-corrected chi connectivity index (χ0v) is 18.4. The summed E-state index contributed by atoms with van der Waals surface area (Å²) >= 11 is 0. The van der Waals surface area contributed by atoms with Crippen LogP contribution in [0, 0.1) is 17.8 Å². The molecular formula is C23H39N3O4. The fourth-order valence-corrected chi connectivity index (χ4v) is 5.57. The van der Waals surface area contributed by atoms with Crippen LogP contribution in [0.4, 0.5) is 9.59 Å². The number of nitrogens with zero attached hydrogens (tertiary/aromatic N) is 1. The molecule has 0 atom stereocenters. The molecule has 3 aliphatic carbocycles. The van der Waals surface area contributed by atoms with Crippen molar-refractivity contribution in [2.75, 3.05) is 6.54 Å². The molecule has 3 saturated carbocycles. The van der Waals surface area contributed by atoms with Gasteiger partial charge in [-0.15, -0.1) is 0 Å². The van der Waals surface area contributed by atoms with Gasteiger partial charge in [0.05, 0.1) is 5.92 Å². The van der Waals surface area contributed by atoms with Crippen LogP contribution in [0.3, 0.4) is 0 Å². The Balaban J connectivity index is 1.49. The molecule has 3 fully saturated rings. The Bertz CT molecular complexity index is 589. The molecule has 3 aliphatic rings. The van der Waals surface area contributed by atoms with E-state index in [-0.39, 0.29) is 30.0 Å². The van der Waals surface area contributed by atoms with Crippen LogP contribution >= 0.6 is 0 Å². The van der Waals surface area contributed by atoms with E-state index >= 15 is 0 Å². The van der Waals surface area contributed by atoms with Crippen molar-refractivity contribution < 1.29 is 19.5 Å². The van der Waals surface area contributed by atoms with Crippen LogP contribution in [0.1, 0.15) is 90.4 Å². The van der Waals surface area contributed by atoms with Crippen molar-refractivity contribution in [1.29, 1.82) is 0 Å². The van der Waals surface area contributed by atoms with E-state index in [0.29, 0.717) is 19.4 Å². The van der Waals surface area contributed by atoms with Gasteiger partial charge in [0.2, 0.25) is 0 Å². The lowest BCUT2D eigenvalue weighted by Crippen LogP contribution is -2.55. The summed E-state index contributed by atoms with van der Waals surface area (Å²) in [5.74, 6) is 0.0383. The Kier molecular flexibility index (Phi) is 8.40. The number of aliphatic carboxylic acids is 1. The number of carbonyl (C=O) groups excluding carboxylic acids is 2. The van der Waals surface area contributed by atoms with E-state index in [0.717, 1.165) is 70.1 Å². The monoisotopic (exact) mass is 421 g/mol. The zero-order valence-electron chi connectivity index (χ0n) is 18.4. The molecule has 170 valence electrons. The highest BCUT2D eigenvalue weighted by Crippen LogP contribution is 2.32. The van der Waals surface area contributed by atoms with Gasteiger partial charge in [-0.1, -0.05) is 26.2 Å². The average molecular weight is 422 g/mol. The second-order valence-corrected chi connectivity index (χ2v) is 9.81. The van der Waals surface area contributed by atoms with E-state index in [2.05, 4.69) is 17.6 Å². The van der Waals surface area contributed by atoms with Gasteiger partial charge in [0, 0.05) is 18.6 Å². The van der Waals surface area contributed by atoms with Gasteiger partial charge < -0.3 is 15.3 Å². The van der Waals surface area contributed by atoms with Crippen molar-refractivity contribution in [3.8, 4) is 0 Å². The minimum absolute atomic E-state index is 0.239. The Hall–Kier alpha value is -1.79. The number of nitrogens with one attached hydrogen (secondary N) is 2. The molecule has 0 aromatic heterocycles. The predicted molar refractivity (Wildman–Crippen MR) is 115 cm³/mol. The molecule has 7 heteroatoms. The number of hydrogen-bond acceptors (Lipinski definition) is 3. The van der Waals surface area contributed by atoms with E-state index in [4.69, 9.17) is 5.11 Å². The zero-order chi connectivity index (χ0) is 21.5. The maximum Gasteiger partial charge on any atom is 0.325 e. The summed E-state index contributed by atoms with van der Waals surface area (Å²) in [6.45, 7) is 2.77. The molecule has 0 saturated heterocycles. The first-order chi connectivity index (χ1) is 14.4. The standard InChI is InChI=1S/C23H39N3O4/c1-16-7-13-20(14-8-16)26(19-5-3-2-4-6-19)23(30)25-22(29)24-15-17-9-11-18(12-10-17)21(27)28/h16-20H,2-15H2,1H3,(H,27,28)(H2,24,25,29,30)/t16-,17?,18?,20-. The minimum atomic E-state index is -0.718. The van der Waals surface area contributed by atoms with Crippen LogP contribution in [0.5, 0.6) is 0 Å². The van der Waals surface area contributed by atoms with Crippen LogP contribution in [-0.4, -0.2) is 46.7 Å². The van der Waals surface area contributed by atoms with Crippen molar-refractivity contribution in [3.05, 3.63) is 0 Å². The van der Waals surface area contributed by atoms with E-state index in [1.165, 1.54) is 6.42 Å². The molecule has 3 N–H and O–H groups in total. The molecular weight excluding hydrogens is 382 g/mol. The largest absolute Gasteiger partial charge is 0.481 e. The van der Waals surface area contributed by atoms with E-state index < -0.39 is 12.0 Å². The fraction of sp³-hybridized carbons (Fsp3) is 0.870. The van der Waals surface area contributed by atoms with Crippen molar-refractivity contribution in [2.45, 2.75) is 102 Å². The SMILES string of the molecule is C[C@H]1CC[C@H](N(C(=O)NC(=O)NCC2CCC(C(=O)O)CC2)C2CCCCC2)CC1. The topological polar surface area (TPSA) is 98.7 Å². The molecule has 3 rings (SSSR count). The van der Waals surface area contributed by atoms with Gasteiger partial charge in [0.15, 0.2) is 0 Å². The molecule has 0 aliphatic heterocycles. The Morgan fingerprint density at radius 2 is 1.43 bits per heavy atom. The maximum absolute atomic E-state index is 13.1. The van der Waals surface area contributed by atoms with Crippen LogP contribution in [0.15, 0.2) is 0 Å². The summed E-state index contributed by atoms with van der Waals surface area (Å²) < 4.78 is 0. The highest BCUT2D eigenvalue weighted by atomic mass is 16.4. The quantitative estimate of drug-likeness (QED) is 0.608. The van der Waals surface area contributed by atoms with Crippen LogP contribution in [0.25, 0.3) is 0 Å². The Labute approximate surface area is 180 Å². The highest BCUT2D eigenvalue weighted by molar-refractivity contribution is 5.93. The predicted octanol–water partition coefficient (Wildman–Crippen LogP) is 4.51. The molecule has 0 heterocycles. The maximum atomic E-state index is 13.1. The van der Waals surface area contributed by atoms with E-state index in [1.807, 2.05) is 4.90 Å². The molecule has 0 bridgehead atoms. The Morgan fingerprint density at radius 1 is 0.833 bits per heavy atom. The lowest BCUT2D eigenvalue weighted by molar-refractivity contribution is -0.143. The third-order valence-corrected chi connectivity index (χ3v) is 7.55. The van der Waals surface area contributed by atoms with Crippen molar-refractivity contribution in [3.63, 3.8) is 0 Å². The average Bonchev–Trinajstić information content (AvgIpc) is 2.75. The van der Waals surface area contributed by atoms with Gasteiger partial charge in [-0.3, -0.25) is 10.1 Å². The van der Waals surface area contributed by atoms with E-state index in [9.17, 15) is 14.4 Å². The third-order valence-electron chi connectivity index (χ3n) is 7.55. The van der Waals surface area contributed by atoms with Crippen LogP contribution in [0.2, 0.25) is 0 Å². The molecule has 0 spiro atoms. The number of carboxylic acid groups (broad SMARTS) is 1. The van der Waals surface area contributed by atoms with Crippen LogP contribution < -0.4 is 10.6 Å². The van der Waals surface area contributed by atoms with Crippen molar-refractivity contribution in [1.82, 2.24) is 15.5 Å². The van der Waals surface area contributed by atoms with Gasteiger partial charge in [-0.2, -0.15) is 0 Å². The first kappa shape index (κ1) is 22.9. The van der Waals surface area contributed by atoms with Gasteiger partial charge in [0.1, 0.15) is 0 Å². The Morgan fingerprint density at radius 3 is 2.03 bits per heavy atom. The lowest BCUT2D eigenvalue weighted by Gasteiger charge is -2.42. The van der Waals surface area contributed by atoms with Crippen molar-refractivity contribution in [2.24, 2.45) is 17.8 Å². The van der Waals surface area contributed by atoms with Gasteiger partial charge in [-0.25, -0.2) is 9.59 Å². The summed E-state index contributed by atoms with van der Waals surface area (Å²) in [5.41, 5.74) is 0. The number of carboxylic acids is 1. The number of imide groups is 1. The second-order valence-electron chi connectivity index (χ2n) is 9.81. The first-order valence-electron chi connectivity index (χ1n) is 12.0. The number of hydrogen-bond donors (Lipinski definition) is 3. The summed E-state index contributed by atoms with van der Waals surface area (Å²) in [4.78, 5) is 38.6. The summed E-state index contributed by atoms with van der Waals surface area (Å²) in [7, 11) is 0. The molecule has 0 aromatic rings. The summed E-state index contributed by atoms with van der Waals surface area (Å²) in [6.07, 6.45) is 12.9. The highest BCUT2D eigenvalue weighted by Gasteiger charge is 2.34. The van der Waals surface area contributed by atoms with Gasteiger partial charge >= 0.3 is 18.0 Å². The second kappa shape index (κ2) is 11.0. The minimum Gasteiger partial charge on any atom is -0.481 e. The molecule has 0 radical (unpaired) electrons. The molecule has 0 unspecified atom stereocenters. The number of carbonyl (C=O) groups is 3. The number of amides is 4. The number of rotatable bonds is 5. The van der Waals surface area contributed by atoms with Crippen molar-refractivity contribution >= 4 is 18.0 Å². The fourth-order valence-electron chi connectivity index (χ4n) is 5.57. The molecule has 0 aromatic carbocycles. The number of urea groups is 2. The summed E-state index contributed by atoms with van der Waals surface area (Å²) in [5, 5.41) is 14.5. The normalized spacial score (nSPS) is 30.3. The van der Waals surface area contributed by atoms with Gasteiger partial charge in [-0.05, 0) is 76.0 Å². The molecule has 4 amide bonds. The smallest absolute Gasteiger partial charge is 0.325 e. The molecule has 7 nitrogen and oxygen atoms in total. The first-order valence-corrected chi connectivity index (χ1v) is 12.0. The third kappa shape index (κ3) is 6.35. The van der Waals surface area contributed by atoms with E-state index in [1.54, 1.807) is 0 Å². The van der Waals surface area contributed by atoms with Gasteiger partial charge in [0.25, 0.3) is 0 Å². The lowest BCUT2D eigenvalue weighted by atomic mass is 9.82.